The zero-order chi connectivity index (χ0) is 27.6. The number of pyridine rings is 2. The lowest BCUT2D eigenvalue weighted by molar-refractivity contribution is -0.393. The van der Waals surface area contributed by atoms with E-state index in [2.05, 4.69) is 20.1 Å². The van der Waals surface area contributed by atoms with Crippen LogP contribution in [0.4, 0.5) is 16.0 Å². The molecule has 0 amide bonds. The van der Waals surface area contributed by atoms with Gasteiger partial charge < -0.3 is 29.2 Å². The van der Waals surface area contributed by atoms with Crippen LogP contribution in [0.5, 0.6) is 11.6 Å². The number of rotatable bonds is 8. The van der Waals surface area contributed by atoms with E-state index in [9.17, 15) is 14.5 Å². The highest BCUT2D eigenvalue weighted by atomic mass is 19.1. The first-order valence-electron chi connectivity index (χ1n) is 13.2. The van der Waals surface area contributed by atoms with Crippen molar-refractivity contribution in [3.63, 3.8) is 0 Å². The Morgan fingerprint density at radius 2 is 1.93 bits per heavy atom. The maximum absolute atomic E-state index is 13.4. The van der Waals surface area contributed by atoms with Gasteiger partial charge in [-0.1, -0.05) is 5.10 Å². The fourth-order valence-electron chi connectivity index (χ4n) is 5.26. The van der Waals surface area contributed by atoms with Gasteiger partial charge in [-0.25, -0.2) is 4.39 Å². The molecule has 2 aliphatic rings. The van der Waals surface area contributed by atoms with Gasteiger partial charge in [0.2, 0.25) is 5.88 Å². The number of hydrogen-bond acceptors (Lipinski definition) is 10. The molecular formula is C26H29FN8O5. The molecular weight excluding hydrogens is 523 g/mol. The van der Waals surface area contributed by atoms with Crippen molar-refractivity contribution in [2.45, 2.75) is 44.4 Å². The topological polar surface area (TPSA) is 135 Å². The second-order valence-corrected chi connectivity index (χ2v) is 9.97. The van der Waals surface area contributed by atoms with E-state index in [0.29, 0.717) is 54.4 Å². The highest BCUT2D eigenvalue weighted by Crippen LogP contribution is 2.35. The summed E-state index contributed by atoms with van der Waals surface area (Å²) in [5.41, 5.74) is 1.06. The number of aryl methyl sites for hydroxylation is 1. The first-order chi connectivity index (χ1) is 19.4. The number of halogens is 1. The minimum atomic E-state index is -0.481. The lowest BCUT2D eigenvalue weighted by atomic mass is 9.93. The molecule has 0 atom stereocenters. The number of ether oxygens (including phenoxy) is 3. The summed E-state index contributed by atoms with van der Waals surface area (Å²) in [5.74, 6) is 1.19. The van der Waals surface area contributed by atoms with Crippen molar-refractivity contribution in [2.75, 3.05) is 31.2 Å². The van der Waals surface area contributed by atoms with Crippen LogP contribution in [0.2, 0.25) is 0 Å². The van der Waals surface area contributed by atoms with Crippen molar-refractivity contribution < 1.29 is 23.5 Å². The molecule has 0 bridgehead atoms. The monoisotopic (exact) mass is 552 g/mol. The molecule has 0 radical (unpaired) electrons. The number of aromatic nitrogens is 6. The van der Waals surface area contributed by atoms with E-state index in [1.807, 2.05) is 6.07 Å². The minimum Gasteiger partial charge on any atom is -0.487 e. The SMILES string of the molecule is Cn1ncc(COc2cnc3cc(N4CCOCC4)nc(O[C@H]4CC[C@@H](n5cc(F)cn5)CC4)c3c2)c1[N+](=O)[O-]. The maximum atomic E-state index is 13.4. The van der Waals surface area contributed by atoms with Gasteiger partial charge in [-0.2, -0.15) is 10.1 Å². The van der Waals surface area contributed by atoms with Crippen LogP contribution in [-0.2, 0) is 18.4 Å². The van der Waals surface area contributed by atoms with E-state index in [0.717, 1.165) is 31.5 Å². The predicted molar refractivity (Wildman–Crippen MR) is 141 cm³/mol. The van der Waals surface area contributed by atoms with Crippen LogP contribution in [0.25, 0.3) is 10.9 Å². The summed E-state index contributed by atoms with van der Waals surface area (Å²) in [6.45, 7) is 2.64. The molecule has 0 aromatic carbocycles. The lowest BCUT2D eigenvalue weighted by Gasteiger charge is -2.30. The maximum Gasteiger partial charge on any atom is 0.351 e. The summed E-state index contributed by atoms with van der Waals surface area (Å²) in [5, 5.41) is 20.2. The van der Waals surface area contributed by atoms with Gasteiger partial charge in [0, 0.05) is 19.2 Å². The van der Waals surface area contributed by atoms with Gasteiger partial charge in [-0.3, -0.25) is 9.67 Å². The van der Waals surface area contributed by atoms with Crippen molar-refractivity contribution in [1.29, 1.82) is 0 Å². The molecule has 0 spiro atoms. The summed E-state index contributed by atoms with van der Waals surface area (Å²) in [6, 6.07) is 3.85. The Kier molecular flexibility index (Phi) is 7.15. The second kappa shape index (κ2) is 11.0. The van der Waals surface area contributed by atoms with E-state index >= 15 is 0 Å². The third-order valence-corrected chi connectivity index (χ3v) is 7.35. The van der Waals surface area contributed by atoms with Gasteiger partial charge in [0.15, 0.2) is 5.82 Å². The molecule has 14 heteroatoms. The minimum absolute atomic E-state index is 0.0368. The molecule has 6 rings (SSSR count). The standard InChI is InChI=1S/C26H29FN8O5/c1-32-26(35(36)37)17(12-29-32)16-39-21-10-22-23(28-14-21)11-24(33-6-8-38-9-7-33)31-25(22)40-20-4-2-19(3-5-20)34-15-18(27)13-30-34/h10-15,19-20H,2-9,16H2,1H3/t19-,20+. The molecule has 5 heterocycles. The van der Waals surface area contributed by atoms with Crippen LogP contribution in [0.3, 0.4) is 0 Å². The molecule has 1 aliphatic heterocycles. The van der Waals surface area contributed by atoms with E-state index < -0.39 is 4.92 Å². The third kappa shape index (κ3) is 5.39. The van der Waals surface area contributed by atoms with Crippen LogP contribution in [0, 0.1) is 15.9 Å². The number of fused-ring (bicyclic) bond motifs is 1. The normalized spacial score (nSPS) is 19.6. The van der Waals surface area contributed by atoms with Gasteiger partial charge in [0.25, 0.3) is 0 Å². The second-order valence-electron chi connectivity index (χ2n) is 9.97. The van der Waals surface area contributed by atoms with Crippen molar-refractivity contribution in [2.24, 2.45) is 7.05 Å². The van der Waals surface area contributed by atoms with Crippen LogP contribution in [0.1, 0.15) is 37.3 Å². The van der Waals surface area contributed by atoms with E-state index in [1.54, 1.807) is 16.9 Å². The molecule has 1 saturated carbocycles. The first kappa shape index (κ1) is 25.9. The quantitative estimate of drug-likeness (QED) is 0.236. The lowest BCUT2D eigenvalue weighted by Crippen LogP contribution is -2.36. The zero-order valence-corrected chi connectivity index (χ0v) is 22.0. The predicted octanol–water partition coefficient (Wildman–Crippen LogP) is 3.59. The summed E-state index contributed by atoms with van der Waals surface area (Å²) < 4.78 is 34.2. The Morgan fingerprint density at radius 3 is 2.65 bits per heavy atom. The highest BCUT2D eigenvalue weighted by molar-refractivity contribution is 5.87. The molecule has 4 aromatic heterocycles. The fourth-order valence-corrected chi connectivity index (χ4v) is 5.26. The van der Waals surface area contributed by atoms with E-state index in [4.69, 9.17) is 19.2 Å². The number of anilines is 1. The molecule has 0 N–H and O–H groups in total. The molecule has 4 aromatic rings. The highest BCUT2D eigenvalue weighted by Gasteiger charge is 2.26. The molecule has 1 aliphatic carbocycles. The van der Waals surface area contributed by atoms with Gasteiger partial charge >= 0.3 is 5.82 Å². The van der Waals surface area contributed by atoms with Crippen molar-refractivity contribution in [3.8, 4) is 11.6 Å². The molecule has 2 fully saturated rings. The molecule has 210 valence electrons. The van der Waals surface area contributed by atoms with Crippen molar-refractivity contribution >= 4 is 22.5 Å². The van der Waals surface area contributed by atoms with Gasteiger partial charge in [-0.05, 0) is 36.7 Å². The Labute approximate surface area is 228 Å². The Morgan fingerprint density at radius 1 is 1.12 bits per heavy atom. The molecule has 13 nitrogen and oxygen atoms in total. The number of hydrogen-bond donors (Lipinski definition) is 0. The smallest absolute Gasteiger partial charge is 0.351 e. The van der Waals surface area contributed by atoms with Crippen LogP contribution in [0.15, 0.2) is 36.9 Å². The average molecular weight is 553 g/mol. The zero-order valence-electron chi connectivity index (χ0n) is 22.0. The first-order valence-corrected chi connectivity index (χ1v) is 13.2. The summed E-state index contributed by atoms with van der Waals surface area (Å²) in [6.07, 6.45) is 8.75. The van der Waals surface area contributed by atoms with Crippen LogP contribution >= 0.6 is 0 Å². The van der Waals surface area contributed by atoms with Gasteiger partial charge in [-0.15, -0.1) is 4.68 Å². The Bertz CT molecular complexity index is 1510. The summed E-state index contributed by atoms with van der Waals surface area (Å²) >= 11 is 0. The molecule has 40 heavy (non-hydrogen) atoms. The average Bonchev–Trinajstić information content (AvgIpc) is 3.57. The number of nitro groups is 1. The number of morpholine rings is 1. The fraction of sp³-hybridized carbons (Fsp3) is 0.462. The van der Waals surface area contributed by atoms with Crippen LogP contribution < -0.4 is 14.4 Å². The number of nitrogens with zero attached hydrogens (tertiary/aromatic N) is 8. The van der Waals surface area contributed by atoms with Gasteiger partial charge in [0.05, 0.1) is 54.9 Å². The van der Waals surface area contributed by atoms with Crippen molar-refractivity contribution in [3.05, 3.63) is 58.4 Å². The van der Waals surface area contributed by atoms with Crippen molar-refractivity contribution in [1.82, 2.24) is 29.5 Å². The largest absolute Gasteiger partial charge is 0.487 e. The van der Waals surface area contributed by atoms with E-state index in [1.165, 1.54) is 30.3 Å². The third-order valence-electron chi connectivity index (χ3n) is 7.35. The molecule has 1 saturated heterocycles. The van der Waals surface area contributed by atoms with Crippen LogP contribution in [-0.4, -0.2) is 66.9 Å². The van der Waals surface area contributed by atoms with E-state index in [-0.39, 0.29) is 30.4 Å². The summed E-state index contributed by atoms with van der Waals surface area (Å²) in [4.78, 5) is 22.6. The Hall–Kier alpha value is -4.33. The van der Waals surface area contributed by atoms with Gasteiger partial charge in [0.1, 0.15) is 36.9 Å². The summed E-state index contributed by atoms with van der Waals surface area (Å²) in [7, 11) is 1.52. The molecule has 0 unspecified atom stereocenters. The Balaban J connectivity index is 1.24.